The quantitative estimate of drug-likeness (QED) is 0.575. The smallest absolute Gasteiger partial charge is 0.203 e. The Morgan fingerprint density at radius 3 is 2.64 bits per heavy atom. The van der Waals surface area contributed by atoms with Crippen molar-refractivity contribution >= 4 is 21.7 Å². The monoisotopic (exact) mass is 334 g/mol. The molecular weight excluding hydrogens is 312 g/mol. The Kier molecular flexibility index (Phi) is 3.68. The van der Waals surface area contributed by atoms with E-state index in [0.717, 1.165) is 34.1 Å². The summed E-state index contributed by atoms with van der Waals surface area (Å²) in [5.74, 6) is 1.03. The number of benzene rings is 2. The molecule has 2 aromatic heterocycles. The van der Waals surface area contributed by atoms with Crippen molar-refractivity contribution in [2.45, 2.75) is 20.3 Å². The molecule has 1 N–H and O–H groups in total. The van der Waals surface area contributed by atoms with Crippen LogP contribution in [0.5, 0.6) is 11.6 Å². The van der Waals surface area contributed by atoms with Gasteiger partial charge in [-0.3, -0.25) is 4.57 Å². The number of aromatic hydroxyl groups is 1. The number of nitrogens with zero attached hydrogens (tertiary/aromatic N) is 2. The first-order valence-corrected chi connectivity index (χ1v) is 8.62. The Labute approximate surface area is 146 Å². The number of hydrogen-bond acceptors (Lipinski definition) is 2. The van der Waals surface area contributed by atoms with Crippen LogP contribution in [-0.4, -0.2) is 20.8 Å². The van der Waals surface area contributed by atoms with Crippen LogP contribution in [0, 0.1) is 6.92 Å². The highest BCUT2D eigenvalue weighted by Crippen LogP contribution is 2.34. The van der Waals surface area contributed by atoms with E-state index in [9.17, 15) is 5.11 Å². The largest absolute Gasteiger partial charge is 0.494 e. The molecule has 0 unspecified atom stereocenters. The van der Waals surface area contributed by atoms with Crippen LogP contribution in [0.3, 0.4) is 0 Å². The van der Waals surface area contributed by atoms with Crippen molar-refractivity contribution in [1.82, 2.24) is 9.13 Å². The zero-order chi connectivity index (χ0) is 17.6. The van der Waals surface area contributed by atoms with Gasteiger partial charge in [0.15, 0.2) is 0 Å². The standard InChI is InChI=1S/C21H22N2O2/c1-4-9-25-18-8-6-16-13-23(21(24)19(16)12-18)17-7-5-15-10-14(2)22(3)20(15)11-17/h5-8,10-13,24H,4,9H2,1-3H3. The maximum absolute atomic E-state index is 10.7. The fraction of sp³-hybridized carbons (Fsp3) is 0.238. The summed E-state index contributed by atoms with van der Waals surface area (Å²) < 4.78 is 9.68. The molecule has 0 saturated heterocycles. The molecular formula is C21H22N2O2. The molecule has 0 spiro atoms. The van der Waals surface area contributed by atoms with E-state index in [1.807, 2.05) is 35.0 Å². The van der Waals surface area contributed by atoms with E-state index in [-0.39, 0.29) is 5.88 Å². The predicted octanol–water partition coefficient (Wildman–Crippen LogP) is 4.93. The van der Waals surface area contributed by atoms with Crippen molar-refractivity contribution in [2.24, 2.45) is 7.05 Å². The third kappa shape index (κ3) is 2.54. The molecule has 0 aliphatic rings. The molecule has 2 aromatic carbocycles. The summed E-state index contributed by atoms with van der Waals surface area (Å²) in [5, 5.41) is 13.7. The van der Waals surface area contributed by atoms with E-state index in [1.54, 1.807) is 0 Å². The van der Waals surface area contributed by atoms with Crippen molar-refractivity contribution in [3.63, 3.8) is 0 Å². The molecule has 4 nitrogen and oxygen atoms in total. The topological polar surface area (TPSA) is 39.3 Å². The number of hydrogen-bond donors (Lipinski definition) is 1. The van der Waals surface area contributed by atoms with E-state index in [2.05, 4.69) is 43.7 Å². The second-order valence-electron chi connectivity index (χ2n) is 6.51. The van der Waals surface area contributed by atoms with Crippen LogP contribution < -0.4 is 4.74 Å². The lowest BCUT2D eigenvalue weighted by atomic mass is 10.2. The van der Waals surface area contributed by atoms with E-state index in [4.69, 9.17) is 4.74 Å². The number of rotatable bonds is 4. The van der Waals surface area contributed by atoms with Crippen LogP contribution in [0.25, 0.3) is 27.4 Å². The Morgan fingerprint density at radius 1 is 1.04 bits per heavy atom. The van der Waals surface area contributed by atoms with Gasteiger partial charge >= 0.3 is 0 Å². The summed E-state index contributed by atoms with van der Waals surface area (Å²) >= 11 is 0. The van der Waals surface area contributed by atoms with Crippen molar-refractivity contribution in [1.29, 1.82) is 0 Å². The molecule has 0 radical (unpaired) electrons. The van der Waals surface area contributed by atoms with Gasteiger partial charge in [-0.15, -0.1) is 0 Å². The zero-order valence-corrected chi connectivity index (χ0v) is 14.8. The Hall–Kier alpha value is -2.88. The second-order valence-corrected chi connectivity index (χ2v) is 6.51. The molecule has 0 fully saturated rings. The van der Waals surface area contributed by atoms with Crippen LogP contribution in [-0.2, 0) is 7.05 Å². The number of aromatic nitrogens is 2. The van der Waals surface area contributed by atoms with Gasteiger partial charge < -0.3 is 14.4 Å². The molecule has 4 heteroatoms. The summed E-state index contributed by atoms with van der Waals surface area (Å²) in [5.41, 5.74) is 3.31. The van der Waals surface area contributed by atoms with E-state index in [1.165, 1.54) is 11.1 Å². The minimum Gasteiger partial charge on any atom is -0.494 e. The first-order chi connectivity index (χ1) is 12.1. The third-order valence-corrected chi connectivity index (χ3v) is 4.78. The lowest BCUT2D eigenvalue weighted by Crippen LogP contribution is -1.94. The highest BCUT2D eigenvalue weighted by Gasteiger charge is 2.12. The zero-order valence-electron chi connectivity index (χ0n) is 14.8. The molecule has 0 aliphatic heterocycles. The van der Waals surface area contributed by atoms with Gasteiger partial charge in [0, 0.05) is 29.7 Å². The van der Waals surface area contributed by atoms with E-state index in [0.29, 0.717) is 6.61 Å². The maximum Gasteiger partial charge on any atom is 0.203 e. The number of aryl methyl sites for hydroxylation is 2. The first-order valence-electron chi connectivity index (χ1n) is 8.62. The van der Waals surface area contributed by atoms with Crippen LogP contribution in [0.1, 0.15) is 19.0 Å². The van der Waals surface area contributed by atoms with Gasteiger partial charge in [-0.05, 0) is 55.1 Å². The van der Waals surface area contributed by atoms with Gasteiger partial charge in [-0.1, -0.05) is 13.0 Å². The molecule has 0 saturated carbocycles. The molecule has 4 aromatic rings. The van der Waals surface area contributed by atoms with Gasteiger partial charge in [-0.25, -0.2) is 0 Å². The molecule has 0 atom stereocenters. The molecule has 25 heavy (non-hydrogen) atoms. The SMILES string of the molecule is CCCOc1ccc2cn(-c3ccc4cc(C)n(C)c4c3)c(O)c2c1. The van der Waals surface area contributed by atoms with Gasteiger partial charge in [0.25, 0.3) is 0 Å². The van der Waals surface area contributed by atoms with Gasteiger partial charge in [-0.2, -0.15) is 0 Å². The summed E-state index contributed by atoms with van der Waals surface area (Å²) in [6.07, 6.45) is 2.92. The van der Waals surface area contributed by atoms with Gasteiger partial charge in [0.05, 0.1) is 17.8 Å². The minimum atomic E-state index is 0.238. The highest BCUT2D eigenvalue weighted by atomic mass is 16.5. The van der Waals surface area contributed by atoms with Crippen molar-refractivity contribution in [2.75, 3.05) is 6.61 Å². The second kappa shape index (κ2) is 5.88. The lowest BCUT2D eigenvalue weighted by molar-refractivity contribution is 0.318. The third-order valence-electron chi connectivity index (χ3n) is 4.78. The fourth-order valence-electron chi connectivity index (χ4n) is 3.28. The lowest BCUT2D eigenvalue weighted by Gasteiger charge is -2.07. The molecule has 128 valence electrons. The van der Waals surface area contributed by atoms with Crippen LogP contribution in [0.2, 0.25) is 0 Å². The average molecular weight is 334 g/mol. The summed E-state index contributed by atoms with van der Waals surface area (Å²) in [6.45, 7) is 4.85. The van der Waals surface area contributed by atoms with Crippen molar-refractivity contribution in [3.05, 3.63) is 54.4 Å². The minimum absolute atomic E-state index is 0.238. The van der Waals surface area contributed by atoms with Gasteiger partial charge in [0.2, 0.25) is 5.88 Å². The Bertz CT molecular complexity index is 1070. The van der Waals surface area contributed by atoms with Gasteiger partial charge in [0.1, 0.15) is 5.75 Å². The average Bonchev–Trinajstić information content (AvgIpc) is 3.10. The van der Waals surface area contributed by atoms with E-state index < -0.39 is 0 Å². The van der Waals surface area contributed by atoms with Crippen LogP contribution >= 0.6 is 0 Å². The van der Waals surface area contributed by atoms with Crippen LogP contribution in [0.15, 0.2) is 48.7 Å². The maximum atomic E-state index is 10.7. The summed E-state index contributed by atoms with van der Waals surface area (Å²) in [7, 11) is 2.06. The van der Waals surface area contributed by atoms with Crippen molar-refractivity contribution < 1.29 is 9.84 Å². The molecule has 4 rings (SSSR count). The molecule has 0 amide bonds. The predicted molar refractivity (Wildman–Crippen MR) is 102 cm³/mol. The Morgan fingerprint density at radius 2 is 1.84 bits per heavy atom. The summed E-state index contributed by atoms with van der Waals surface area (Å²) in [6, 6.07) is 14.2. The number of fused-ring (bicyclic) bond motifs is 2. The molecule has 0 bridgehead atoms. The highest BCUT2D eigenvalue weighted by molar-refractivity contribution is 5.91. The Balaban J connectivity index is 1.83. The van der Waals surface area contributed by atoms with E-state index >= 15 is 0 Å². The molecule has 2 heterocycles. The summed E-state index contributed by atoms with van der Waals surface area (Å²) in [4.78, 5) is 0. The van der Waals surface area contributed by atoms with Crippen molar-refractivity contribution in [3.8, 4) is 17.3 Å². The first kappa shape index (κ1) is 15.6. The van der Waals surface area contributed by atoms with Crippen LogP contribution in [0.4, 0.5) is 0 Å². The molecule has 0 aliphatic carbocycles. The number of ether oxygens (including phenoxy) is 1. The fourth-order valence-corrected chi connectivity index (χ4v) is 3.28. The normalized spacial score (nSPS) is 11.5.